The van der Waals surface area contributed by atoms with Crippen LogP contribution in [0.4, 0.5) is 8.78 Å². The van der Waals surface area contributed by atoms with Gasteiger partial charge in [0.05, 0.1) is 6.04 Å². The first-order valence-electron chi connectivity index (χ1n) is 5.41. The Morgan fingerprint density at radius 1 is 1.24 bits per heavy atom. The van der Waals surface area contributed by atoms with E-state index in [4.69, 9.17) is 5.73 Å². The van der Waals surface area contributed by atoms with Crippen LogP contribution in [0.1, 0.15) is 28.3 Å². The van der Waals surface area contributed by atoms with Gasteiger partial charge in [0.25, 0.3) is 0 Å². The van der Waals surface area contributed by atoms with Gasteiger partial charge < -0.3 is 5.73 Å². The molecule has 4 heteroatoms. The van der Waals surface area contributed by atoms with Crippen molar-refractivity contribution in [2.45, 2.75) is 19.4 Å². The second-order valence-electron chi connectivity index (χ2n) is 3.80. The maximum atomic E-state index is 13.6. The number of rotatable bonds is 3. The molecule has 0 aliphatic carbocycles. The van der Waals surface area contributed by atoms with Gasteiger partial charge in [0.2, 0.25) is 0 Å². The zero-order valence-corrected chi connectivity index (χ0v) is 10.2. The fraction of sp³-hybridized carbons (Fsp3) is 0.231. The summed E-state index contributed by atoms with van der Waals surface area (Å²) in [6.07, 6.45) is 0.934. The fourth-order valence-corrected chi connectivity index (χ4v) is 2.63. The molecule has 0 amide bonds. The molecule has 1 aromatic heterocycles. The Labute approximate surface area is 103 Å². The van der Waals surface area contributed by atoms with Crippen molar-refractivity contribution in [2.24, 2.45) is 5.73 Å². The molecule has 0 saturated carbocycles. The van der Waals surface area contributed by atoms with Crippen molar-refractivity contribution < 1.29 is 8.78 Å². The molecular formula is C13H13F2NS. The average Bonchev–Trinajstić information content (AvgIpc) is 2.76. The predicted molar refractivity (Wildman–Crippen MR) is 66.1 cm³/mol. The molecule has 90 valence electrons. The van der Waals surface area contributed by atoms with Gasteiger partial charge >= 0.3 is 0 Å². The van der Waals surface area contributed by atoms with Crippen LogP contribution < -0.4 is 5.73 Å². The molecule has 0 aliphatic heterocycles. The number of hydrogen-bond donors (Lipinski definition) is 1. The summed E-state index contributed by atoms with van der Waals surface area (Å²) in [5.41, 5.74) is 6.31. The number of halogens is 2. The molecule has 0 radical (unpaired) electrons. The lowest BCUT2D eigenvalue weighted by molar-refractivity contribution is 0.566. The summed E-state index contributed by atoms with van der Waals surface area (Å²) in [6, 6.07) is 6.86. The van der Waals surface area contributed by atoms with Crippen molar-refractivity contribution >= 4 is 11.3 Å². The van der Waals surface area contributed by atoms with E-state index < -0.39 is 17.7 Å². The van der Waals surface area contributed by atoms with Gasteiger partial charge in [0.1, 0.15) is 11.6 Å². The van der Waals surface area contributed by atoms with Gasteiger partial charge in [-0.2, -0.15) is 0 Å². The zero-order valence-electron chi connectivity index (χ0n) is 9.41. The minimum Gasteiger partial charge on any atom is -0.320 e. The molecule has 1 nitrogen and oxygen atoms in total. The van der Waals surface area contributed by atoms with E-state index in [-0.39, 0.29) is 0 Å². The van der Waals surface area contributed by atoms with Gasteiger partial charge in [-0.15, -0.1) is 11.3 Å². The van der Waals surface area contributed by atoms with Crippen molar-refractivity contribution in [3.63, 3.8) is 0 Å². The Kier molecular flexibility index (Phi) is 3.54. The molecule has 0 bridgehead atoms. The van der Waals surface area contributed by atoms with Crippen LogP contribution in [0, 0.1) is 11.6 Å². The van der Waals surface area contributed by atoms with Crippen LogP contribution in [0.2, 0.25) is 0 Å². The van der Waals surface area contributed by atoms with E-state index in [1.165, 1.54) is 17.0 Å². The molecule has 2 N–H and O–H groups in total. The Balaban J connectivity index is 2.33. The summed E-state index contributed by atoms with van der Waals surface area (Å²) in [5, 5.41) is 0. The van der Waals surface area contributed by atoms with Crippen molar-refractivity contribution in [1.82, 2.24) is 0 Å². The lowest BCUT2D eigenvalue weighted by Gasteiger charge is -2.11. The molecule has 0 spiro atoms. The Morgan fingerprint density at radius 3 is 2.59 bits per heavy atom. The number of hydrogen-bond acceptors (Lipinski definition) is 2. The van der Waals surface area contributed by atoms with Crippen LogP contribution in [0.5, 0.6) is 0 Å². The van der Waals surface area contributed by atoms with Gasteiger partial charge in [0.15, 0.2) is 0 Å². The standard InChI is InChI=1S/C13H13F2NS/c1-2-9-4-6-12(17-9)13(16)10-5-3-8(14)7-11(10)15/h3-7,13H,2,16H2,1H3. The molecule has 1 aromatic carbocycles. The van der Waals surface area contributed by atoms with E-state index in [2.05, 4.69) is 6.92 Å². The maximum Gasteiger partial charge on any atom is 0.131 e. The molecule has 1 atom stereocenters. The maximum absolute atomic E-state index is 13.6. The van der Waals surface area contributed by atoms with Crippen LogP contribution in [0.25, 0.3) is 0 Å². The van der Waals surface area contributed by atoms with Gasteiger partial charge in [-0.25, -0.2) is 8.78 Å². The van der Waals surface area contributed by atoms with Crippen molar-refractivity contribution in [3.8, 4) is 0 Å². The first-order chi connectivity index (χ1) is 8.11. The van der Waals surface area contributed by atoms with Crippen LogP contribution >= 0.6 is 11.3 Å². The quantitative estimate of drug-likeness (QED) is 0.888. The van der Waals surface area contributed by atoms with E-state index in [1.807, 2.05) is 12.1 Å². The SMILES string of the molecule is CCc1ccc(C(N)c2ccc(F)cc2F)s1. The largest absolute Gasteiger partial charge is 0.320 e. The number of thiophene rings is 1. The number of benzene rings is 1. The molecule has 1 unspecified atom stereocenters. The smallest absolute Gasteiger partial charge is 0.131 e. The lowest BCUT2D eigenvalue weighted by Crippen LogP contribution is -2.12. The van der Waals surface area contributed by atoms with E-state index in [9.17, 15) is 8.78 Å². The molecular weight excluding hydrogens is 240 g/mol. The third kappa shape index (κ3) is 2.53. The summed E-state index contributed by atoms with van der Waals surface area (Å²) >= 11 is 1.56. The molecule has 1 heterocycles. The summed E-state index contributed by atoms with van der Waals surface area (Å²) in [6.45, 7) is 2.06. The van der Waals surface area contributed by atoms with Gasteiger partial charge in [-0.05, 0) is 24.6 Å². The topological polar surface area (TPSA) is 26.0 Å². The number of aryl methyl sites for hydroxylation is 1. The highest BCUT2D eigenvalue weighted by molar-refractivity contribution is 7.12. The first-order valence-corrected chi connectivity index (χ1v) is 6.22. The molecule has 0 aliphatic rings. The van der Waals surface area contributed by atoms with E-state index in [0.29, 0.717) is 5.56 Å². The average molecular weight is 253 g/mol. The third-order valence-corrected chi connectivity index (χ3v) is 3.95. The van der Waals surface area contributed by atoms with Crippen LogP contribution in [-0.4, -0.2) is 0 Å². The van der Waals surface area contributed by atoms with Crippen molar-refractivity contribution in [3.05, 3.63) is 57.3 Å². The van der Waals surface area contributed by atoms with Gasteiger partial charge in [-0.3, -0.25) is 0 Å². The molecule has 0 saturated heterocycles. The highest BCUT2D eigenvalue weighted by Crippen LogP contribution is 2.28. The molecule has 0 fully saturated rings. The Bertz CT molecular complexity index is 522. The van der Waals surface area contributed by atoms with Gasteiger partial charge in [0, 0.05) is 21.4 Å². The van der Waals surface area contributed by atoms with E-state index in [1.54, 1.807) is 11.3 Å². The monoisotopic (exact) mass is 253 g/mol. The Morgan fingerprint density at radius 2 is 2.00 bits per heavy atom. The molecule has 2 aromatic rings. The summed E-state index contributed by atoms with van der Waals surface area (Å²) in [7, 11) is 0. The minimum atomic E-state index is -0.594. The van der Waals surface area contributed by atoms with E-state index in [0.717, 1.165) is 17.4 Å². The Hall–Kier alpha value is -1.26. The number of nitrogens with two attached hydrogens (primary N) is 1. The highest BCUT2D eigenvalue weighted by Gasteiger charge is 2.15. The van der Waals surface area contributed by atoms with Crippen LogP contribution in [-0.2, 0) is 6.42 Å². The van der Waals surface area contributed by atoms with Crippen molar-refractivity contribution in [2.75, 3.05) is 0 Å². The zero-order chi connectivity index (χ0) is 12.4. The third-order valence-electron chi connectivity index (χ3n) is 2.63. The minimum absolute atomic E-state index is 0.330. The second kappa shape index (κ2) is 4.94. The van der Waals surface area contributed by atoms with Crippen molar-refractivity contribution in [1.29, 1.82) is 0 Å². The normalized spacial score (nSPS) is 12.7. The summed E-state index contributed by atoms with van der Waals surface area (Å²) in [4.78, 5) is 2.10. The first kappa shape index (κ1) is 12.2. The lowest BCUT2D eigenvalue weighted by atomic mass is 10.1. The predicted octanol–water partition coefficient (Wildman–Crippen LogP) is 3.64. The summed E-state index contributed by atoms with van der Waals surface area (Å²) in [5.74, 6) is -1.18. The fourth-order valence-electron chi connectivity index (χ4n) is 1.66. The molecule has 17 heavy (non-hydrogen) atoms. The molecule has 2 rings (SSSR count). The summed E-state index contributed by atoms with van der Waals surface area (Å²) < 4.78 is 26.4. The van der Waals surface area contributed by atoms with Crippen LogP contribution in [0.15, 0.2) is 30.3 Å². The second-order valence-corrected chi connectivity index (χ2v) is 5.00. The van der Waals surface area contributed by atoms with Gasteiger partial charge in [-0.1, -0.05) is 13.0 Å². The highest BCUT2D eigenvalue weighted by atomic mass is 32.1. The van der Waals surface area contributed by atoms with E-state index >= 15 is 0 Å². The van der Waals surface area contributed by atoms with Crippen LogP contribution in [0.3, 0.4) is 0 Å².